The summed E-state index contributed by atoms with van der Waals surface area (Å²) >= 11 is 1.20. The van der Waals surface area contributed by atoms with Gasteiger partial charge in [0, 0.05) is 39.0 Å². The topological polar surface area (TPSA) is 115 Å². The van der Waals surface area contributed by atoms with Crippen LogP contribution in [0.15, 0.2) is 42.5 Å². The van der Waals surface area contributed by atoms with Gasteiger partial charge in [-0.15, -0.1) is 11.3 Å². The smallest absolute Gasteiger partial charge is 0.349 e. The quantitative estimate of drug-likeness (QED) is 0.360. The zero-order valence-corrected chi connectivity index (χ0v) is 20.8. The van der Waals surface area contributed by atoms with E-state index < -0.39 is 18.0 Å². The first-order valence-electron chi connectivity index (χ1n) is 11.2. The van der Waals surface area contributed by atoms with Crippen LogP contribution in [0.3, 0.4) is 0 Å². The molecule has 4 aromatic rings. The van der Waals surface area contributed by atoms with Crippen LogP contribution < -0.4 is 5.32 Å². The zero-order valence-electron chi connectivity index (χ0n) is 20.0. The van der Waals surface area contributed by atoms with Gasteiger partial charge in [0.15, 0.2) is 17.7 Å². The minimum absolute atomic E-state index is 0.217. The van der Waals surface area contributed by atoms with Crippen molar-refractivity contribution in [3.63, 3.8) is 0 Å². The molecule has 1 N–H and O–H groups in total. The first-order valence-corrected chi connectivity index (χ1v) is 12.1. The summed E-state index contributed by atoms with van der Waals surface area (Å²) < 4.78 is 5.44. The number of hydrogen-bond donors (Lipinski definition) is 1. The maximum absolute atomic E-state index is 12.9. The number of hydrogen-bond acceptors (Lipinski definition) is 8. The van der Waals surface area contributed by atoms with E-state index in [0.29, 0.717) is 37.9 Å². The fourth-order valence-corrected chi connectivity index (χ4v) is 5.52. The van der Waals surface area contributed by atoms with Crippen LogP contribution in [0.4, 0.5) is 5.69 Å². The second kappa shape index (κ2) is 8.76. The van der Waals surface area contributed by atoms with Gasteiger partial charge in [0.2, 0.25) is 0 Å². The molecule has 0 unspecified atom stereocenters. The van der Waals surface area contributed by atoms with Crippen molar-refractivity contribution in [1.82, 2.24) is 9.97 Å². The van der Waals surface area contributed by atoms with Gasteiger partial charge in [-0.3, -0.25) is 14.4 Å². The predicted octanol–water partition coefficient (Wildman–Crippen LogP) is 4.58. The molecule has 0 saturated heterocycles. The van der Waals surface area contributed by atoms with Crippen LogP contribution in [0.5, 0.6) is 0 Å². The lowest BCUT2D eigenvalue weighted by atomic mass is 9.84. The molecule has 1 aliphatic rings. The van der Waals surface area contributed by atoms with Crippen LogP contribution in [-0.2, 0) is 9.53 Å². The Bertz CT molecular complexity index is 1620. The number of ether oxygens (including phenoxy) is 1. The first kappa shape index (κ1) is 23.5. The number of ketones is 2. The lowest BCUT2D eigenvalue weighted by molar-refractivity contribution is -0.123. The van der Waals surface area contributed by atoms with Gasteiger partial charge >= 0.3 is 5.97 Å². The number of fused-ring (bicyclic) bond motifs is 3. The Morgan fingerprint density at radius 1 is 0.917 bits per heavy atom. The third kappa shape index (κ3) is 3.87. The number of aryl methyl sites for hydroxylation is 3. The van der Waals surface area contributed by atoms with Crippen molar-refractivity contribution in [3.05, 3.63) is 86.7 Å². The molecule has 36 heavy (non-hydrogen) atoms. The fourth-order valence-electron chi connectivity index (χ4n) is 4.36. The average Bonchev–Trinajstić information content (AvgIpc) is 3.18. The Kier molecular flexibility index (Phi) is 5.72. The summed E-state index contributed by atoms with van der Waals surface area (Å²) in [6.07, 6.45) is -1.11. The lowest BCUT2D eigenvalue weighted by Crippen LogP contribution is -2.30. The van der Waals surface area contributed by atoms with E-state index in [-0.39, 0.29) is 22.7 Å². The largest absolute Gasteiger partial charge is 0.448 e. The predicted molar refractivity (Wildman–Crippen MR) is 135 cm³/mol. The van der Waals surface area contributed by atoms with E-state index in [2.05, 4.69) is 15.3 Å². The van der Waals surface area contributed by atoms with E-state index in [1.807, 2.05) is 6.92 Å². The molecule has 0 spiro atoms. The Labute approximate surface area is 210 Å². The number of carbonyl (C=O) groups excluding carboxylic acids is 4. The zero-order chi connectivity index (χ0) is 25.7. The van der Waals surface area contributed by atoms with Gasteiger partial charge in [-0.1, -0.05) is 24.3 Å². The van der Waals surface area contributed by atoms with E-state index in [1.165, 1.54) is 30.4 Å². The summed E-state index contributed by atoms with van der Waals surface area (Å²) in [5.74, 6) is -1.11. The van der Waals surface area contributed by atoms with Crippen molar-refractivity contribution in [2.24, 2.45) is 0 Å². The number of anilines is 1. The summed E-state index contributed by atoms with van der Waals surface area (Å²) in [5, 5.41) is 3.48. The number of nitrogens with one attached hydrogen (secondary N) is 1. The second-order valence-corrected chi connectivity index (χ2v) is 9.59. The molecular formula is C27H21N3O5S. The Morgan fingerprint density at radius 2 is 1.56 bits per heavy atom. The Morgan fingerprint density at radius 3 is 2.25 bits per heavy atom. The van der Waals surface area contributed by atoms with Crippen LogP contribution in [0.1, 0.15) is 65.5 Å². The van der Waals surface area contributed by atoms with Crippen LogP contribution in [0.25, 0.3) is 10.2 Å². The van der Waals surface area contributed by atoms with Crippen molar-refractivity contribution in [3.8, 4) is 0 Å². The average molecular weight is 500 g/mol. The monoisotopic (exact) mass is 499 g/mol. The minimum atomic E-state index is -1.11. The van der Waals surface area contributed by atoms with Gasteiger partial charge in [0.25, 0.3) is 5.91 Å². The molecule has 180 valence electrons. The van der Waals surface area contributed by atoms with E-state index in [4.69, 9.17) is 4.74 Å². The van der Waals surface area contributed by atoms with Gasteiger partial charge in [-0.25, -0.2) is 14.8 Å². The molecule has 0 saturated carbocycles. The van der Waals surface area contributed by atoms with E-state index >= 15 is 0 Å². The molecule has 1 atom stereocenters. The van der Waals surface area contributed by atoms with Crippen molar-refractivity contribution < 1.29 is 23.9 Å². The summed E-state index contributed by atoms with van der Waals surface area (Å²) in [6.45, 7) is 6.91. The van der Waals surface area contributed by atoms with E-state index in [9.17, 15) is 19.2 Å². The van der Waals surface area contributed by atoms with Gasteiger partial charge < -0.3 is 10.1 Å². The normalized spacial score (nSPS) is 13.2. The van der Waals surface area contributed by atoms with Crippen molar-refractivity contribution in [1.29, 1.82) is 0 Å². The molecule has 2 aromatic heterocycles. The molecule has 8 nitrogen and oxygen atoms in total. The molecule has 0 fully saturated rings. The van der Waals surface area contributed by atoms with E-state index in [0.717, 1.165) is 11.1 Å². The highest BCUT2D eigenvalue weighted by Crippen LogP contribution is 2.32. The van der Waals surface area contributed by atoms with Crippen LogP contribution in [0, 0.1) is 20.8 Å². The SMILES string of the molecule is Cc1nc(C)c2c(C)c(C(=O)O[C@H](C)C(=O)Nc3ccc4c(c3)C(=O)c3ccccc3C4=O)sc2n1. The molecule has 2 heterocycles. The van der Waals surface area contributed by atoms with Crippen LogP contribution in [0.2, 0.25) is 0 Å². The molecule has 0 aliphatic heterocycles. The standard InChI is InChI=1S/C27H21N3O5S/c1-12-21-13(2)28-15(4)29-26(21)36-24(12)27(34)35-14(3)25(33)30-16-9-10-19-20(11-16)23(32)18-8-6-5-7-17(18)22(19)31/h5-11,14H,1-4H3,(H,30,33)/t14-/m1/s1. The number of thiophene rings is 1. The second-order valence-electron chi connectivity index (χ2n) is 8.59. The van der Waals surface area contributed by atoms with Gasteiger partial charge in [0.05, 0.1) is 0 Å². The van der Waals surface area contributed by atoms with Crippen LogP contribution in [-0.4, -0.2) is 39.5 Å². The van der Waals surface area contributed by atoms with Gasteiger partial charge in [0.1, 0.15) is 15.5 Å². The molecule has 0 radical (unpaired) electrons. The molecule has 2 aromatic carbocycles. The summed E-state index contributed by atoms with van der Waals surface area (Å²) in [5.41, 5.74) is 3.00. The molecular weight excluding hydrogens is 478 g/mol. The highest BCUT2D eigenvalue weighted by molar-refractivity contribution is 7.20. The number of esters is 1. The molecule has 5 rings (SSSR count). The Balaban J connectivity index is 1.33. The number of nitrogens with zero attached hydrogens (tertiary/aromatic N) is 2. The first-order chi connectivity index (χ1) is 17.2. The molecule has 1 aliphatic carbocycles. The summed E-state index contributed by atoms with van der Waals surface area (Å²) in [6, 6.07) is 11.2. The molecule has 1 amide bonds. The molecule has 0 bridgehead atoms. The number of rotatable bonds is 4. The summed E-state index contributed by atoms with van der Waals surface area (Å²) in [7, 11) is 0. The maximum atomic E-state index is 12.9. The summed E-state index contributed by atoms with van der Waals surface area (Å²) in [4.78, 5) is 61.2. The highest BCUT2D eigenvalue weighted by Gasteiger charge is 2.30. The molecule has 9 heteroatoms. The lowest BCUT2D eigenvalue weighted by Gasteiger charge is -2.19. The number of amides is 1. The van der Waals surface area contributed by atoms with Crippen LogP contribution >= 0.6 is 11.3 Å². The Hall–Kier alpha value is -4.24. The van der Waals surface area contributed by atoms with E-state index in [1.54, 1.807) is 44.2 Å². The number of benzene rings is 2. The third-order valence-corrected chi connectivity index (χ3v) is 7.28. The number of carbonyl (C=O) groups is 4. The minimum Gasteiger partial charge on any atom is -0.448 e. The van der Waals surface area contributed by atoms with Gasteiger partial charge in [-0.2, -0.15) is 0 Å². The van der Waals surface area contributed by atoms with Crippen molar-refractivity contribution >= 4 is 50.7 Å². The highest BCUT2D eigenvalue weighted by atomic mass is 32.1. The third-order valence-electron chi connectivity index (χ3n) is 6.11. The van der Waals surface area contributed by atoms with Crippen molar-refractivity contribution in [2.75, 3.05) is 5.32 Å². The van der Waals surface area contributed by atoms with Crippen molar-refractivity contribution in [2.45, 2.75) is 33.8 Å². The maximum Gasteiger partial charge on any atom is 0.349 e. The number of aromatic nitrogens is 2. The fraction of sp³-hybridized carbons (Fsp3) is 0.185. The van der Waals surface area contributed by atoms with Gasteiger partial charge in [-0.05, 0) is 51.5 Å².